The Morgan fingerprint density at radius 2 is 1.84 bits per heavy atom. The summed E-state index contributed by atoms with van der Waals surface area (Å²) in [6, 6.07) is 11.1. The first kappa shape index (κ1) is 16.3. The van der Waals surface area contributed by atoms with E-state index in [2.05, 4.69) is 15.4 Å². The van der Waals surface area contributed by atoms with Crippen LogP contribution in [0.2, 0.25) is 0 Å². The van der Waals surface area contributed by atoms with Gasteiger partial charge in [-0.2, -0.15) is 5.10 Å². The molecule has 3 aromatic rings. The lowest BCUT2D eigenvalue weighted by atomic mass is 10.2. The lowest BCUT2D eigenvalue weighted by Crippen LogP contribution is -2.15. The maximum atomic E-state index is 12.4. The van der Waals surface area contributed by atoms with Gasteiger partial charge in [-0.15, -0.1) is 0 Å². The predicted octanol–water partition coefficient (Wildman–Crippen LogP) is 3.04. The van der Waals surface area contributed by atoms with Crippen molar-refractivity contribution >= 4 is 17.4 Å². The van der Waals surface area contributed by atoms with Crippen LogP contribution in [0.5, 0.6) is 0 Å². The third kappa shape index (κ3) is 3.52. The fourth-order valence-electron chi connectivity index (χ4n) is 2.29. The zero-order valence-electron chi connectivity index (χ0n) is 13.6. The standard InChI is InChI=1S/C17H15N5O3/c1-11-3-4-13(10-18-11)17(23)19-16-9-12(2)20-21(16)14-5-7-15(8-6-14)22(24)25/h3-10H,1-2H3,(H,19,23). The molecule has 8 nitrogen and oxygen atoms in total. The Hall–Kier alpha value is -3.55. The van der Waals surface area contributed by atoms with Crippen molar-refractivity contribution in [2.45, 2.75) is 13.8 Å². The van der Waals surface area contributed by atoms with Gasteiger partial charge in [0.2, 0.25) is 0 Å². The highest BCUT2D eigenvalue weighted by atomic mass is 16.6. The van der Waals surface area contributed by atoms with E-state index in [1.165, 1.54) is 23.0 Å². The summed E-state index contributed by atoms with van der Waals surface area (Å²) in [6.07, 6.45) is 1.50. The van der Waals surface area contributed by atoms with E-state index in [1.54, 1.807) is 37.3 Å². The second-order valence-corrected chi connectivity index (χ2v) is 5.50. The van der Waals surface area contributed by atoms with Gasteiger partial charge in [0.1, 0.15) is 5.82 Å². The molecule has 0 atom stereocenters. The number of carbonyl (C=O) groups excluding carboxylic acids is 1. The minimum atomic E-state index is -0.467. The van der Waals surface area contributed by atoms with Crippen LogP contribution in [0.3, 0.4) is 0 Å². The largest absolute Gasteiger partial charge is 0.306 e. The Morgan fingerprint density at radius 3 is 2.44 bits per heavy atom. The number of anilines is 1. The molecule has 2 heterocycles. The van der Waals surface area contributed by atoms with E-state index in [1.807, 2.05) is 6.92 Å². The Kier molecular flexibility index (Phi) is 4.25. The summed E-state index contributed by atoms with van der Waals surface area (Å²) in [6.45, 7) is 3.64. The highest BCUT2D eigenvalue weighted by Gasteiger charge is 2.14. The molecule has 2 aromatic heterocycles. The Morgan fingerprint density at radius 1 is 1.12 bits per heavy atom. The summed E-state index contributed by atoms with van der Waals surface area (Å²) in [5.41, 5.74) is 2.55. The van der Waals surface area contributed by atoms with Crippen LogP contribution in [0.4, 0.5) is 11.5 Å². The van der Waals surface area contributed by atoms with Gasteiger partial charge in [0.15, 0.2) is 0 Å². The Bertz CT molecular complexity index is 930. The smallest absolute Gasteiger partial charge is 0.269 e. The number of nitro groups is 1. The molecule has 0 unspecified atom stereocenters. The quantitative estimate of drug-likeness (QED) is 0.582. The molecule has 1 aromatic carbocycles. The number of aryl methyl sites for hydroxylation is 2. The summed E-state index contributed by atoms with van der Waals surface area (Å²) < 4.78 is 1.53. The van der Waals surface area contributed by atoms with E-state index in [0.717, 1.165) is 5.69 Å². The number of nitrogens with zero attached hydrogens (tertiary/aromatic N) is 4. The zero-order chi connectivity index (χ0) is 18.0. The van der Waals surface area contributed by atoms with Gasteiger partial charge >= 0.3 is 0 Å². The van der Waals surface area contributed by atoms with Crippen molar-refractivity contribution in [3.8, 4) is 5.69 Å². The maximum Gasteiger partial charge on any atom is 0.269 e. The number of non-ortho nitro benzene ring substituents is 1. The fourth-order valence-corrected chi connectivity index (χ4v) is 2.29. The van der Waals surface area contributed by atoms with E-state index in [9.17, 15) is 14.9 Å². The van der Waals surface area contributed by atoms with Crippen LogP contribution in [-0.4, -0.2) is 25.6 Å². The highest BCUT2D eigenvalue weighted by molar-refractivity contribution is 6.03. The average Bonchev–Trinajstić information content (AvgIpc) is 2.95. The summed E-state index contributed by atoms with van der Waals surface area (Å²) in [5.74, 6) is 0.160. The van der Waals surface area contributed by atoms with Crippen LogP contribution in [0, 0.1) is 24.0 Å². The molecule has 126 valence electrons. The molecule has 0 spiro atoms. The van der Waals surface area contributed by atoms with Crippen LogP contribution in [0.1, 0.15) is 21.7 Å². The number of nitrogens with one attached hydrogen (secondary N) is 1. The first-order valence-electron chi connectivity index (χ1n) is 7.49. The fraction of sp³-hybridized carbons (Fsp3) is 0.118. The van der Waals surface area contributed by atoms with Crippen LogP contribution < -0.4 is 5.32 Å². The topological polar surface area (TPSA) is 103 Å². The molecule has 25 heavy (non-hydrogen) atoms. The monoisotopic (exact) mass is 337 g/mol. The highest BCUT2D eigenvalue weighted by Crippen LogP contribution is 2.20. The van der Waals surface area contributed by atoms with E-state index in [-0.39, 0.29) is 11.6 Å². The van der Waals surface area contributed by atoms with Crippen LogP contribution in [0.15, 0.2) is 48.7 Å². The van der Waals surface area contributed by atoms with Crippen molar-refractivity contribution in [1.82, 2.24) is 14.8 Å². The Balaban J connectivity index is 1.89. The number of aromatic nitrogens is 3. The van der Waals surface area contributed by atoms with E-state index >= 15 is 0 Å². The number of hydrogen-bond acceptors (Lipinski definition) is 5. The first-order chi connectivity index (χ1) is 11.9. The van der Waals surface area contributed by atoms with E-state index in [0.29, 0.717) is 22.8 Å². The lowest BCUT2D eigenvalue weighted by Gasteiger charge is -2.09. The van der Waals surface area contributed by atoms with Gasteiger partial charge in [-0.1, -0.05) is 0 Å². The molecular weight excluding hydrogens is 322 g/mol. The molecule has 0 bridgehead atoms. The molecule has 0 radical (unpaired) electrons. The van der Waals surface area contributed by atoms with Crippen molar-refractivity contribution in [3.05, 3.63) is 75.7 Å². The summed E-state index contributed by atoms with van der Waals surface area (Å²) in [7, 11) is 0. The number of nitro benzene ring substituents is 1. The summed E-state index contributed by atoms with van der Waals surface area (Å²) in [5, 5.41) is 17.9. The second kappa shape index (κ2) is 6.52. The molecule has 1 N–H and O–H groups in total. The third-order valence-electron chi connectivity index (χ3n) is 3.55. The van der Waals surface area contributed by atoms with Crippen LogP contribution in [-0.2, 0) is 0 Å². The van der Waals surface area contributed by atoms with Crippen molar-refractivity contribution in [2.24, 2.45) is 0 Å². The molecule has 0 aliphatic rings. The number of amides is 1. The molecule has 0 fully saturated rings. The molecular formula is C17H15N5O3. The Labute approximate surface area is 143 Å². The third-order valence-corrected chi connectivity index (χ3v) is 3.55. The van der Waals surface area contributed by atoms with Gasteiger partial charge in [0, 0.05) is 30.1 Å². The molecule has 0 saturated carbocycles. The number of pyridine rings is 1. The van der Waals surface area contributed by atoms with Crippen molar-refractivity contribution in [1.29, 1.82) is 0 Å². The normalized spacial score (nSPS) is 10.5. The SMILES string of the molecule is Cc1ccc(C(=O)Nc2cc(C)nn2-c2ccc([N+](=O)[O-])cc2)cn1. The van der Waals surface area contributed by atoms with E-state index in [4.69, 9.17) is 0 Å². The average molecular weight is 337 g/mol. The minimum Gasteiger partial charge on any atom is -0.306 e. The van der Waals surface area contributed by atoms with Crippen molar-refractivity contribution < 1.29 is 9.72 Å². The minimum absolute atomic E-state index is 0.0102. The van der Waals surface area contributed by atoms with Gasteiger partial charge in [0.25, 0.3) is 11.6 Å². The van der Waals surface area contributed by atoms with Gasteiger partial charge in [-0.25, -0.2) is 4.68 Å². The molecule has 0 aliphatic carbocycles. The van der Waals surface area contributed by atoms with Gasteiger partial charge in [-0.05, 0) is 38.1 Å². The lowest BCUT2D eigenvalue weighted by molar-refractivity contribution is -0.384. The summed E-state index contributed by atoms with van der Waals surface area (Å²) >= 11 is 0. The van der Waals surface area contributed by atoms with Gasteiger partial charge < -0.3 is 5.32 Å². The maximum absolute atomic E-state index is 12.4. The molecule has 1 amide bonds. The van der Waals surface area contributed by atoms with E-state index < -0.39 is 4.92 Å². The second-order valence-electron chi connectivity index (χ2n) is 5.50. The number of hydrogen-bond donors (Lipinski definition) is 1. The van der Waals surface area contributed by atoms with Gasteiger partial charge in [0.05, 0.1) is 21.9 Å². The number of carbonyl (C=O) groups is 1. The van der Waals surface area contributed by atoms with Crippen LogP contribution >= 0.6 is 0 Å². The van der Waals surface area contributed by atoms with Crippen molar-refractivity contribution in [2.75, 3.05) is 5.32 Å². The molecule has 8 heteroatoms. The van der Waals surface area contributed by atoms with Gasteiger partial charge in [-0.3, -0.25) is 19.9 Å². The molecule has 0 aliphatic heterocycles. The number of rotatable bonds is 4. The number of benzene rings is 1. The zero-order valence-corrected chi connectivity index (χ0v) is 13.6. The molecule has 3 rings (SSSR count). The molecule has 0 saturated heterocycles. The van der Waals surface area contributed by atoms with Crippen LogP contribution in [0.25, 0.3) is 5.69 Å². The predicted molar refractivity (Wildman–Crippen MR) is 91.9 cm³/mol. The first-order valence-corrected chi connectivity index (χ1v) is 7.49. The summed E-state index contributed by atoms with van der Waals surface area (Å²) in [4.78, 5) is 26.8. The van der Waals surface area contributed by atoms with Crippen molar-refractivity contribution in [3.63, 3.8) is 0 Å².